The second kappa shape index (κ2) is 4.26. The van der Waals surface area contributed by atoms with Crippen molar-refractivity contribution in [3.8, 4) is 0 Å². The van der Waals surface area contributed by atoms with E-state index in [1.54, 1.807) is 12.1 Å². The van der Waals surface area contributed by atoms with E-state index in [2.05, 4.69) is 5.32 Å². The molecule has 1 aliphatic heterocycles. The van der Waals surface area contributed by atoms with E-state index in [1.165, 1.54) is 0 Å². The van der Waals surface area contributed by atoms with Crippen LogP contribution in [0.15, 0.2) is 30.3 Å². The van der Waals surface area contributed by atoms with E-state index < -0.39 is 0 Å². The molecule has 1 amide bonds. The molecule has 1 aliphatic rings. The van der Waals surface area contributed by atoms with Gasteiger partial charge < -0.3 is 5.32 Å². The predicted molar refractivity (Wildman–Crippen MR) is 56.5 cm³/mol. The number of carbonyl (C=O) groups is 2. The van der Waals surface area contributed by atoms with Gasteiger partial charge in [-0.05, 0) is 6.42 Å². The van der Waals surface area contributed by atoms with Crippen molar-refractivity contribution in [2.45, 2.75) is 12.8 Å². The van der Waals surface area contributed by atoms with Crippen LogP contribution < -0.4 is 5.32 Å². The number of ketones is 1. The largest absolute Gasteiger partial charge is 0.356 e. The summed E-state index contributed by atoms with van der Waals surface area (Å²) in [6.07, 6.45) is 1.10. The number of nitrogens with one attached hydrogen (secondary N) is 1. The molecule has 0 aromatic heterocycles. The van der Waals surface area contributed by atoms with Crippen molar-refractivity contribution in [2.24, 2.45) is 5.92 Å². The normalized spacial score (nSPS) is 20.0. The van der Waals surface area contributed by atoms with Crippen LogP contribution in [0.2, 0.25) is 0 Å². The number of hydrogen-bond donors (Lipinski definition) is 1. The number of benzene rings is 1. The number of Topliss-reactive ketones (excluding diaryl/α,β-unsaturated/α-hetero) is 1. The monoisotopic (exact) mass is 203 g/mol. The van der Waals surface area contributed by atoms with Gasteiger partial charge in [0.15, 0.2) is 5.78 Å². The van der Waals surface area contributed by atoms with Gasteiger partial charge in [0.05, 0.1) is 0 Å². The highest BCUT2D eigenvalue weighted by molar-refractivity contribution is 5.98. The minimum Gasteiger partial charge on any atom is -0.356 e. The summed E-state index contributed by atoms with van der Waals surface area (Å²) in [5.74, 6) is -0.0605. The first-order valence-corrected chi connectivity index (χ1v) is 5.13. The summed E-state index contributed by atoms with van der Waals surface area (Å²) < 4.78 is 0. The molecule has 0 radical (unpaired) electrons. The molecule has 3 heteroatoms. The molecule has 3 nitrogen and oxygen atoms in total. The van der Waals surface area contributed by atoms with Crippen LogP contribution in [0.3, 0.4) is 0 Å². The first kappa shape index (κ1) is 9.90. The minimum atomic E-state index is -0.127. The molecule has 78 valence electrons. The molecule has 1 unspecified atom stereocenters. The Morgan fingerprint density at radius 1 is 1.33 bits per heavy atom. The summed E-state index contributed by atoms with van der Waals surface area (Å²) in [6, 6.07) is 9.12. The third-order valence-electron chi connectivity index (χ3n) is 2.69. The van der Waals surface area contributed by atoms with E-state index in [-0.39, 0.29) is 17.6 Å². The van der Waals surface area contributed by atoms with Crippen LogP contribution in [0.1, 0.15) is 23.2 Å². The summed E-state index contributed by atoms with van der Waals surface area (Å²) in [5.41, 5.74) is 0.692. The summed E-state index contributed by atoms with van der Waals surface area (Å²) in [5, 5.41) is 2.74. The number of rotatable bonds is 3. The molecule has 0 aliphatic carbocycles. The van der Waals surface area contributed by atoms with Gasteiger partial charge >= 0.3 is 0 Å². The second-order valence-corrected chi connectivity index (χ2v) is 3.77. The maximum Gasteiger partial charge on any atom is 0.223 e. The van der Waals surface area contributed by atoms with Crippen molar-refractivity contribution in [2.75, 3.05) is 6.54 Å². The van der Waals surface area contributed by atoms with E-state index in [0.717, 1.165) is 6.42 Å². The Hall–Kier alpha value is -1.64. The van der Waals surface area contributed by atoms with E-state index in [1.807, 2.05) is 18.2 Å². The first-order valence-electron chi connectivity index (χ1n) is 5.13. The van der Waals surface area contributed by atoms with E-state index >= 15 is 0 Å². The fourth-order valence-electron chi connectivity index (χ4n) is 1.81. The molecule has 1 aromatic rings. The fourth-order valence-corrected chi connectivity index (χ4v) is 1.81. The quantitative estimate of drug-likeness (QED) is 0.755. The van der Waals surface area contributed by atoms with Crippen LogP contribution >= 0.6 is 0 Å². The lowest BCUT2D eigenvalue weighted by molar-refractivity contribution is -0.122. The minimum absolute atomic E-state index is 0.0132. The van der Waals surface area contributed by atoms with Crippen LogP contribution in [0, 0.1) is 5.92 Å². The van der Waals surface area contributed by atoms with Gasteiger partial charge in [-0.15, -0.1) is 0 Å². The zero-order valence-corrected chi connectivity index (χ0v) is 8.40. The van der Waals surface area contributed by atoms with Crippen LogP contribution in [0.5, 0.6) is 0 Å². The highest BCUT2D eigenvalue weighted by atomic mass is 16.2. The van der Waals surface area contributed by atoms with Crippen LogP contribution in [-0.4, -0.2) is 18.2 Å². The van der Waals surface area contributed by atoms with Gasteiger partial charge in [0.25, 0.3) is 0 Å². The molecule has 1 N–H and O–H groups in total. The average Bonchev–Trinajstić information content (AvgIpc) is 2.66. The Balaban J connectivity index is 2.01. The Kier molecular flexibility index (Phi) is 2.81. The van der Waals surface area contributed by atoms with Crippen molar-refractivity contribution >= 4 is 11.7 Å². The van der Waals surface area contributed by atoms with Crippen molar-refractivity contribution in [1.82, 2.24) is 5.32 Å². The van der Waals surface area contributed by atoms with Crippen molar-refractivity contribution in [3.63, 3.8) is 0 Å². The van der Waals surface area contributed by atoms with Crippen molar-refractivity contribution in [1.29, 1.82) is 0 Å². The summed E-state index contributed by atoms with van der Waals surface area (Å²) in [6.45, 7) is 0.700. The van der Waals surface area contributed by atoms with Gasteiger partial charge in [-0.2, -0.15) is 0 Å². The smallest absolute Gasteiger partial charge is 0.223 e. The molecule has 1 atom stereocenters. The average molecular weight is 203 g/mol. The Morgan fingerprint density at radius 3 is 2.67 bits per heavy atom. The van der Waals surface area contributed by atoms with Gasteiger partial charge in [0.2, 0.25) is 5.91 Å². The van der Waals surface area contributed by atoms with Crippen LogP contribution in [0.25, 0.3) is 0 Å². The van der Waals surface area contributed by atoms with E-state index in [9.17, 15) is 9.59 Å². The molecule has 1 saturated heterocycles. The lowest BCUT2D eigenvalue weighted by atomic mass is 9.97. The molecular weight excluding hydrogens is 190 g/mol. The molecule has 2 rings (SSSR count). The summed E-state index contributed by atoms with van der Waals surface area (Å²) in [7, 11) is 0. The van der Waals surface area contributed by atoms with Crippen LogP contribution in [0.4, 0.5) is 0 Å². The third-order valence-corrected chi connectivity index (χ3v) is 2.69. The Bertz CT molecular complexity index is 372. The standard InChI is InChI=1S/C12H13NO2/c14-11(9-4-2-1-3-5-9)8-10-6-7-13-12(10)15/h1-5,10H,6-8H2,(H,13,15). The SMILES string of the molecule is O=C(CC1CCNC1=O)c1ccccc1. The number of amides is 1. The second-order valence-electron chi connectivity index (χ2n) is 3.77. The molecule has 0 spiro atoms. The van der Waals surface area contributed by atoms with Crippen molar-refractivity contribution in [3.05, 3.63) is 35.9 Å². The molecular formula is C12H13NO2. The van der Waals surface area contributed by atoms with Gasteiger partial charge in [-0.3, -0.25) is 9.59 Å². The predicted octanol–water partition coefficient (Wildman–Crippen LogP) is 1.40. The Morgan fingerprint density at radius 2 is 2.07 bits per heavy atom. The first-order chi connectivity index (χ1) is 7.27. The molecule has 15 heavy (non-hydrogen) atoms. The molecule has 0 saturated carbocycles. The lowest BCUT2D eigenvalue weighted by Crippen LogP contribution is -2.21. The molecule has 0 bridgehead atoms. The van der Waals surface area contributed by atoms with Crippen molar-refractivity contribution < 1.29 is 9.59 Å². The Labute approximate surface area is 88.5 Å². The van der Waals surface area contributed by atoms with E-state index in [0.29, 0.717) is 18.5 Å². The maximum atomic E-state index is 11.8. The summed E-state index contributed by atoms with van der Waals surface area (Å²) >= 11 is 0. The zero-order chi connectivity index (χ0) is 10.7. The van der Waals surface area contributed by atoms with Crippen LogP contribution in [-0.2, 0) is 4.79 Å². The maximum absolute atomic E-state index is 11.8. The van der Waals surface area contributed by atoms with Gasteiger partial charge in [0, 0.05) is 24.4 Å². The van der Waals surface area contributed by atoms with Gasteiger partial charge in [-0.1, -0.05) is 30.3 Å². The van der Waals surface area contributed by atoms with Gasteiger partial charge in [-0.25, -0.2) is 0 Å². The fraction of sp³-hybridized carbons (Fsp3) is 0.333. The molecule has 1 heterocycles. The highest BCUT2D eigenvalue weighted by Crippen LogP contribution is 2.16. The van der Waals surface area contributed by atoms with E-state index in [4.69, 9.17) is 0 Å². The zero-order valence-electron chi connectivity index (χ0n) is 8.40. The highest BCUT2D eigenvalue weighted by Gasteiger charge is 2.26. The lowest BCUT2D eigenvalue weighted by Gasteiger charge is -2.05. The summed E-state index contributed by atoms with van der Waals surface area (Å²) in [4.78, 5) is 23.0. The molecule has 1 aromatic carbocycles. The third kappa shape index (κ3) is 2.24. The molecule has 1 fully saturated rings. The number of hydrogen-bond acceptors (Lipinski definition) is 2. The van der Waals surface area contributed by atoms with Gasteiger partial charge in [0.1, 0.15) is 0 Å². The topological polar surface area (TPSA) is 46.2 Å². The number of carbonyl (C=O) groups excluding carboxylic acids is 2.